The van der Waals surface area contributed by atoms with Crippen molar-refractivity contribution >= 4 is 27.5 Å². The number of carbonyl (C=O) groups is 2. The number of aryl methyl sites for hydroxylation is 1. The highest BCUT2D eigenvalue weighted by atomic mass is 32.2. The number of anilines is 1. The first-order valence-corrected chi connectivity index (χ1v) is 15.1. The van der Waals surface area contributed by atoms with E-state index in [2.05, 4.69) is 5.32 Å². The van der Waals surface area contributed by atoms with Gasteiger partial charge < -0.3 is 24.8 Å². The largest absolute Gasteiger partial charge is 0.486 e. The van der Waals surface area contributed by atoms with Crippen LogP contribution in [0.25, 0.3) is 0 Å². The van der Waals surface area contributed by atoms with E-state index in [-0.39, 0.29) is 59.6 Å². The number of aliphatic hydroxyl groups is 1. The molecule has 0 spiro atoms. The van der Waals surface area contributed by atoms with Crippen molar-refractivity contribution in [3.8, 4) is 5.75 Å². The van der Waals surface area contributed by atoms with Crippen LogP contribution in [0.5, 0.6) is 5.75 Å². The molecule has 2 heterocycles. The molecule has 2 aliphatic rings. The zero-order chi connectivity index (χ0) is 29.0. The van der Waals surface area contributed by atoms with E-state index in [1.54, 1.807) is 54.3 Å². The van der Waals surface area contributed by atoms with Gasteiger partial charge in [0, 0.05) is 38.6 Å². The van der Waals surface area contributed by atoms with Gasteiger partial charge in [0.05, 0.1) is 35.3 Å². The quantitative estimate of drug-likeness (QED) is 0.498. The fraction of sp³-hybridized carbons (Fsp3) is 0.517. The van der Waals surface area contributed by atoms with Crippen LogP contribution in [-0.4, -0.2) is 86.6 Å². The molecule has 10 nitrogen and oxygen atoms in total. The molecule has 0 aromatic heterocycles. The molecule has 1 saturated heterocycles. The average molecular weight is 574 g/mol. The van der Waals surface area contributed by atoms with Gasteiger partial charge in [0.2, 0.25) is 15.9 Å². The van der Waals surface area contributed by atoms with Gasteiger partial charge in [0.15, 0.2) is 5.75 Å². The van der Waals surface area contributed by atoms with Gasteiger partial charge >= 0.3 is 0 Å². The number of para-hydroxylation sites is 1. The summed E-state index contributed by atoms with van der Waals surface area (Å²) in [6.45, 7) is 6.57. The Balaban J connectivity index is 1.69. The van der Waals surface area contributed by atoms with E-state index >= 15 is 0 Å². The molecule has 2 aromatic carbocycles. The molecule has 40 heavy (non-hydrogen) atoms. The van der Waals surface area contributed by atoms with E-state index in [9.17, 15) is 23.1 Å². The third-order valence-electron chi connectivity index (χ3n) is 7.71. The number of ether oxygens (including phenoxy) is 2. The van der Waals surface area contributed by atoms with Crippen molar-refractivity contribution in [3.05, 3.63) is 53.6 Å². The summed E-state index contributed by atoms with van der Waals surface area (Å²) in [6, 6.07) is 11.2. The predicted molar refractivity (Wildman–Crippen MR) is 151 cm³/mol. The number of hydrogen-bond acceptors (Lipinski definition) is 7. The maximum atomic E-state index is 13.7. The second-order valence-electron chi connectivity index (χ2n) is 10.8. The molecule has 0 bridgehead atoms. The molecule has 218 valence electrons. The third-order valence-corrected chi connectivity index (χ3v) is 9.54. The van der Waals surface area contributed by atoms with Gasteiger partial charge in [-0.15, -0.1) is 0 Å². The highest BCUT2D eigenvalue weighted by Gasteiger charge is 2.36. The van der Waals surface area contributed by atoms with E-state index in [1.807, 2.05) is 13.8 Å². The van der Waals surface area contributed by atoms with E-state index in [1.165, 1.54) is 11.4 Å². The number of likely N-dealkylation sites (N-methyl/N-ethyl adjacent to an activating group) is 1. The fourth-order valence-electron chi connectivity index (χ4n) is 5.00. The minimum absolute atomic E-state index is 0.00853. The smallest absolute Gasteiger partial charge is 0.258 e. The maximum Gasteiger partial charge on any atom is 0.258 e. The highest BCUT2D eigenvalue weighted by Crippen LogP contribution is 2.36. The molecule has 11 heteroatoms. The Kier molecular flexibility index (Phi) is 9.50. The minimum Gasteiger partial charge on any atom is -0.486 e. The van der Waals surface area contributed by atoms with Crippen molar-refractivity contribution in [3.63, 3.8) is 0 Å². The lowest BCUT2D eigenvalue weighted by molar-refractivity contribution is -0.122. The summed E-state index contributed by atoms with van der Waals surface area (Å²) in [5, 5.41) is 12.8. The number of sulfonamides is 1. The van der Waals surface area contributed by atoms with Crippen LogP contribution in [0.4, 0.5) is 5.69 Å². The predicted octanol–water partition coefficient (Wildman–Crippen LogP) is 2.90. The second kappa shape index (κ2) is 12.7. The average Bonchev–Trinajstić information content (AvgIpc) is 2.95. The van der Waals surface area contributed by atoms with Crippen LogP contribution in [-0.2, 0) is 19.6 Å². The Bertz CT molecular complexity index is 1310. The van der Waals surface area contributed by atoms with Crippen molar-refractivity contribution < 1.29 is 32.6 Å². The molecule has 2 aromatic rings. The first-order valence-electron chi connectivity index (χ1n) is 13.7. The normalized spacial score (nSPS) is 21.2. The van der Waals surface area contributed by atoms with E-state index in [0.717, 1.165) is 5.56 Å². The maximum absolute atomic E-state index is 13.7. The minimum atomic E-state index is -3.81. The number of nitrogens with one attached hydrogen (secondary N) is 1. The number of hydrogen-bond donors (Lipinski definition) is 2. The van der Waals surface area contributed by atoms with Gasteiger partial charge in [-0.2, -0.15) is 4.31 Å². The molecule has 1 fully saturated rings. The van der Waals surface area contributed by atoms with Crippen LogP contribution >= 0.6 is 0 Å². The number of fused-ring (bicyclic) bond motifs is 1. The van der Waals surface area contributed by atoms with E-state index in [0.29, 0.717) is 31.7 Å². The zero-order valence-electron chi connectivity index (χ0n) is 23.5. The SMILES string of the molecule is Cc1ccc(S(=O)(=O)N(C)C[C@@H]2Oc3c(NC(=O)C4CCOCC4)cccc3C(=O)N([C@H](C)CO)C[C@H]2C)cc1. The second-order valence-corrected chi connectivity index (χ2v) is 12.8. The first-order chi connectivity index (χ1) is 19.0. The highest BCUT2D eigenvalue weighted by molar-refractivity contribution is 7.89. The lowest BCUT2D eigenvalue weighted by atomic mass is 9.98. The van der Waals surface area contributed by atoms with Crippen LogP contribution in [0.15, 0.2) is 47.4 Å². The fourth-order valence-corrected chi connectivity index (χ4v) is 6.18. The molecule has 0 aliphatic carbocycles. The van der Waals surface area contributed by atoms with Crippen LogP contribution in [0, 0.1) is 18.8 Å². The van der Waals surface area contributed by atoms with Gasteiger partial charge in [-0.3, -0.25) is 9.59 Å². The molecule has 4 rings (SSSR count). The van der Waals surface area contributed by atoms with Crippen LogP contribution in [0.2, 0.25) is 0 Å². The van der Waals surface area contributed by atoms with Gasteiger partial charge in [0.25, 0.3) is 5.91 Å². The number of rotatable bonds is 8. The topological polar surface area (TPSA) is 125 Å². The molecular formula is C29H39N3O7S. The molecular weight excluding hydrogens is 534 g/mol. The van der Waals surface area contributed by atoms with Crippen LogP contribution in [0.1, 0.15) is 42.6 Å². The summed E-state index contributed by atoms with van der Waals surface area (Å²) in [5.74, 6) is -0.842. The van der Waals surface area contributed by atoms with Crippen molar-refractivity contribution in [2.45, 2.75) is 50.7 Å². The van der Waals surface area contributed by atoms with Crippen LogP contribution < -0.4 is 10.1 Å². The first kappa shape index (κ1) is 30.0. The zero-order valence-corrected chi connectivity index (χ0v) is 24.3. The third kappa shape index (κ3) is 6.49. The lowest BCUT2D eigenvalue weighted by Crippen LogP contribution is -2.50. The lowest BCUT2D eigenvalue weighted by Gasteiger charge is -2.38. The van der Waals surface area contributed by atoms with Crippen molar-refractivity contribution in [2.75, 3.05) is 45.3 Å². The summed E-state index contributed by atoms with van der Waals surface area (Å²) in [6.07, 6.45) is 0.541. The number of aliphatic hydroxyl groups excluding tert-OH is 1. The summed E-state index contributed by atoms with van der Waals surface area (Å²) in [4.78, 5) is 28.5. The number of amides is 2. The van der Waals surface area contributed by atoms with Gasteiger partial charge in [-0.25, -0.2) is 8.42 Å². The number of benzene rings is 2. The Labute approximate surface area is 236 Å². The monoisotopic (exact) mass is 573 g/mol. The van der Waals surface area contributed by atoms with Gasteiger partial charge in [-0.05, 0) is 51.0 Å². The standard InChI is InChI=1S/C29H39N3O7S/c1-19-8-10-23(11-9-19)40(36,37)31(4)17-26-20(2)16-32(21(3)18-33)29(35)24-6-5-7-25(27(24)39-26)30-28(34)22-12-14-38-15-13-22/h5-11,20-22,26,33H,12-18H2,1-4H3,(H,30,34)/t20-,21-,26+/m1/s1. The molecule has 2 amide bonds. The molecule has 0 radical (unpaired) electrons. The Hall–Kier alpha value is -2.99. The van der Waals surface area contributed by atoms with E-state index < -0.39 is 22.2 Å². The number of carbonyl (C=O) groups excluding carboxylic acids is 2. The Morgan fingerprint density at radius 1 is 1.18 bits per heavy atom. The van der Waals surface area contributed by atoms with Gasteiger partial charge in [0.1, 0.15) is 6.10 Å². The summed E-state index contributed by atoms with van der Waals surface area (Å²) >= 11 is 0. The van der Waals surface area contributed by atoms with Crippen molar-refractivity contribution in [1.82, 2.24) is 9.21 Å². The van der Waals surface area contributed by atoms with Gasteiger partial charge in [-0.1, -0.05) is 30.7 Å². The molecule has 3 atom stereocenters. The Morgan fingerprint density at radius 3 is 2.50 bits per heavy atom. The summed E-state index contributed by atoms with van der Waals surface area (Å²) in [7, 11) is -2.31. The van der Waals surface area contributed by atoms with E-state index in [4.69, 9.17) is 9.47 Å². The molecule has 2 N–H and O–H groups in total. The summed E-state index contributed by atoms with van der Waals surface area (Å²) < 4.78 is 39.9. The van der Waals surface area contributed by atoms with Crippen molar-refractivity contribution in [2.24, 2.45) is 11.8 Å². The van der Waals surface area contributed by atoms with Crippen LogP contribution in [0.3, 0.4) is 0 Å². The molecule has 0 saturated carbocycles. The summed E-state index contributed by atoms with van der Waals surface area (Å²) in [5.41, 5.74) is 1.54. The van der Waals surface area contributed by atoms with Crippen molar-refractivity contribution in [1.29, 1.82) is 0 Å². The molecule has 2 aliphatic heterocycles. The number of nitrogens with zero attached hydrogens (tertiary/aromatic N) is 2. The molecule has 0 unspecified atom stereocenters. The Morgan fingerprint density at radius 2 is 1.85 bits per heavy atom.